The number of imidazole rings is 1. The van der Waals surface area contributed by atoms with Crippen LogP contribution in [-0.2, 0) is 11.3 Å². The number of nitrogens with two attached hydrogens (primary N) is 1. The number of carbonyl (C=O) groups is 1. The van der Waals surface area contributed by atoms with Crippen molar-refractivity contribution >= 4 is 34.5 Å². The molecule has 4 rings (SSSR count). The molecule has 4 aromatic rings. The molecule has 1 amide bonds. The van der Waals surface area contributed by atoms with Crippen LogP contribution in [0.2, 0.25) is 0 Å². The summed E-state index contributed by atoms with van der Waals surface area (Å²) in [5, 5.41) is 8.98. The van der Waals surface area contributed by atoms with Crippen LogP contribution in [0.25, 0.3) is 16.8 Å². The van der Waals surface area contributed by atoms with E-state index < -0.39 is 5.91 Å². The SMILES string of the molecule is NC(=O)CSc1nnc2n(Cc3ccccc3F)c3ccccc3n12. The first-order chi connectivity index (χ1) is 12.1. The topological polar surface area (TPSA) is 78.2 Å². The Hall–Kier alpha value is -2.87. The summed E-state index contributed by atoms with van der Waals surface area (Å²) < 4.78 is 17.9. The Balaban J connectivity index is 1.88. The van der Waals surface area contributed by atoms with Crippen LogP contribution in [0.1, 0.15) is 5.56 Å². The number of benzene rings is 2. The first-order valence-corrected chi connectivity index (χ1v) is 8.60. The van der Waals surface area contributed by atoms with E-state index in [2.05, 4.69) is 10.2 Å². The fourth-order valence-electron chi connectivity index (χ4n) is 2.82. The van der Waals surface area contributed by atoms with Gasteiger partial charge in [0.1, 0.15) is 5.82 Å². The smallest absolute Gasteiger partial charge is 0.237 e. The van der Waals surface area contributed by atoms with Gasteiger partial charge in [-0.2, -0.15) is 0 Å². The van der Waals surface area contributed by atoms with Crippen LogP contribution in [0, 0.1) is 5.82 Å². The van der Waals surface area contributed by atoms with E-state index in [0.29, 0.717) is 23.0 Å². The van der Waals surface area contributed by atoms with E-state index in [1.165, 1.54) is 17.8 Å². The Morgan fingerprint density at radius 1 is 1.08 bits per heavy atom. The summed E-state index contributed by atoms with van der Waals surface area (Å²) in [6, 6.07) is 14.4. The number of para-hydroxylation sites is 2. The van der Waals surface area contributed by atoms with Crippen LogP contribution in [0.4, 0.5) is 4.39 Å². The molecule has 0 radical (unpaired) electrons. The predicted molar refractivity (Wildman–Crippen MR) is 93.9 cm³/mol. The Bertz CT molecular complexity index is 1090. The number of amides is 1. The number of hydrogen-bond donors (Lipinski definition) is 1. The first-order valence-electron chi connectivity index (χ1n) is 7.62. The number of halogens is 1. The summed E-state index contributed by atoms with van der Waals surface area (Å²) in [5.41, 5.74) is 7.60. The number of primary amides is 1. The van der Waals surface area contributed by atoms with Gasteiger partial charge >= 0.3 is 0 Å². The molecular weight excluding hydrogens is 341 g/mol. The van der Waals surface area contributed by atoms with E-state index in [9.17, 15) is 9.18 Å². The van der Waals surface area contributed by atoms with Crippen molar-refractivity contribution in [1.82, 2.24) is 19.2 Å². The number of aromatic nitrogens is 4. The number of fused-ring (bicyclic) bond motifs is 3. The third kappa shape index (κ3) is 2.74. The van der Waals surface area contributed by atoms with Gasteiger partial charge in [-0.05, 0) is 18.2 Å². The average Bonchev–Trinajstić information content (AvgIpc) is 3.15. The monoisotopic (exact) mass is 355 g/mol. The number of rotatable bonds is 5. The molecule has 8 heteroatoms. The molecular formula is C17H14FN5OS. The van der Waals surface area contributed by atoms with Crippen LogP contribution in [0.3, 0.4) is 0 Å². The third-order valence-electron chi connectivity index (χ3n) is 3.90. The Morgan fingerprint density at radius 3 is 2.56 bits per heavy atom. The van der Waals surface area contributed by atoms with E-state index in [-0.39, 0.29) is 11.6 Å². The van der Waals surface area contributed by atoms with Gasteiger partial charge in [0.05, 0.1) is 23.3 Å². The van der Waals surface area contributed by atoms with Crippen molar-refractivity contribution < 1.29 is 9.18 Å². The highest BCUT2D eigenvalue weighted by Gasteiger charge is 2.18. The van der Waals surface area contributed by atoms with Gasteiger partial charge in [-0.1, -0.05) is 42.1 Å². The maximum absolute atomic E-state index is 14.1. The van der Waals surface area contributed by atoms with E-state index >= 15 is 0 Å². The molecule has 0 spiro atoms. The number of thioether (sulfide) groups is 1. The summed E-state index contributed by atoms with van der Waals surface area (Å²) >= 11 is 1.23. The highest BCUT2D eigenvalue weighted by atomic mass is 32.2. The lowest BCUT2D eigenvalue weighted by Crippen LogP contribution is -2.13. The highest BCUT2D eigenvalue weighted by Crippen LogP contribution is 2.26. The highest BCUT2D eigenvalue weighted by molar-refractivity contribution is 7.99. The summed E-state index contributed by atoms with van der Waals surface area (Å²) in [6.07, 6.45) is 0. The second-order valence-corrected chi connectivity index (χ2v) is 6.48. The lowest BCUT2D eigenvalue weighted by Gasteiger charge is -2.06. The molecule has 0 saturated carbocycles. The zero-order valence-corrected chi connectivity index (χ0v) is 13.9. The summed E-state index contributed by atoms with van der Waals surface area (Å²) in [5.74, 6) is 0.0303. The molecule has 2 heterocycles. The van der Waals surface area contributed by atoms with Gasteiger partial charge in [-0.25, -0.2) is 4.39 Å². The van der Waals surface area contributed by atoms with Gasteiger partial charge in [0.15, 0.2) is 5.16 Å². The molecule has 25 heavy (non-hydrogen) atoms. The molecule has 0 unspecified atom stereocenters. The fourth-order valence-corrected chi connectivity index (χ4v) is 3.50. The lowest BCUT2D eigenvalue weighted by molar-refractivity contribution is -0.115. The van der Waals surface area contributed by atoms with E-state index in [1.807, 2.05) is 33.2 Å². The van der Waals surface area contributed by atoms with E-state index in [0.717, 1.165) is 11.0 Å². The first kappa shape index (κ1) is 15.6. The molecule has 0 saturated heterocycles. The van der Waals surface area contributed by atoms with Crippen molar-refractivity contribution in [2.75, 3.05) is 5.75 Å². The van der Waals surface area contributed by atoms with E-state index in [1.54, 1.807) is 18.2 Å². The summed E-state index contributed by atoms with van der Waals surface area (Å²) in [6.45, 7) is 0.336. The Morgan fingerprint density at radius 2 is 1.80 bits per heavy atom. The number of hydrogen-bond acceptors (Lipinski definition) is 4. The lowest BCUT2D eigenvalue weighted by atomic mass is 10.2. The molecule has 0 bridgehead atoms. The molecule has 2 aromatic carbocycles. The third-order valence-corrected chi connectivity index (χ3v) is 4.85. The molecule has 0 aliphatic carbocycles. The maximum atomic E-state index is 14.1. The van der Waals surface area contributed by atoms with Crippen LogP contribution < -0.4 is 5.73 Å². The van der Waals surface area contributed by atoms with Crippen molar-refractivity contribution in [3.63, 3.8) is 0 Å². The Kier molecular flexibility index (Phi) is 3.89. The second kappa shape index (κ2) is 6.21. The van der Waals surface area contributed by atoms with Gasteiger partial charge in [0.25, 0.3) is 0 Å². The zero-order valence-electron chi connectivity index (χ0n) is 13.1. The largest absolute Gasteiger partial charge is 0.369 e. The molecule has 2 aromatic heterocycles. The molecule has 0 aliphatic heterocycles. The minimum Gasteiger partial charge on any atom is -0.369 e. The number of carbonyl (C=O) groups excluding carboxylic acids is 1. The van der Waals surface area contributed by atoms with Crippen LogP contribution >= 0.6 is 11.8 Å². The van der Waals surface area contributed by atoms with Crippen molar-refractivity contribution in [3.8, 4) is 0 Å². The van der Waals surface area contributed by atoms with Gasteiger partial charge in [-0.3, -0.25) is 9.20 Å². The van der Waals surface area contributed by atoms with Gasteiger partial charge in [-0.15, -0.1) is 10.2 Å². The van der Waals surface area contributed by atoms with Gasteiger partial charge < -0.3 is 10.3 Å². The number of nitrogens with zero attached hydrogens (tertiary/aromatic N) is 4. The molecule has 0 fully saturated rings. The standard InChI is InChI=1S/C17H14FN5OS/c18-12-6-2-1-5-11(12)9-22-13-7-3-4-8-14(13)23-16(22)20-21-17(23)25-10-15(19)24/h1-8H,9-10H2,(H2,19,24). The minimum atomic E-state index is -0.420. The Labute approximate surface area is 146 Å². The van der Waals surface area contributed by atoms with Crippen molar-refractivity contribution in [1.29, 1.82) is 0 Å². The summed E-state index contributed by atoms with van der Waals surface area (Å²) in [4.78, 5) is 11.1. The van der Waals surface area contributed by atoms with Crippen molar-refractivity contribution in [2.45, 2.75) is 11.7 Å². The quantitative estimate of drug-likeness (QED) is 0.558. The molecule has 2 N–H and O–H groups in total. The average molecular weight is 355 g/mol. The van der Waals surface area contributed by atoms with Crippen LogP contribution in [0.5, 0.6) is 0 Å². The van der Waals surface area contributed by atoms with Crippen LogP contribution in [-0.4, -0.2) is 30.8 Å². The molecule has 6 nitrogen and oxygen atoms in total. The molecule has 126 valence electrons. The normalized spacial score (nSPS) is 11.4. The van der Waals surface area contributed by atoms with Gasteiger partial charge in [0, 0.05) is 5.56 Å². The molecule has 0 aliphatic rings. The van der Waals surface area contributed by atoms with Crippen molar-refractivity contribution in [2.24, 2.45) is 5.73 Å². The van der Waals surface area contributed by atoms with Crippen molar-refractivity contribution in [3.05, 3.63) is 59.9 Å². The minimum absolute atomic E-state index is 0.119. The summed E-state index contributed by atoms with van der Waals surface area (Å²) in [7, 11) is 0. The predicted octanol–water partition coefficient (Wildman–Crippen LogP) is 2.45. The van der Waals surface area contributed by atoms with E-state index in [4.69, 9.17) is 5.73 Å². The maximum Gasteiger partial charge on any atom is 0.237 e. The van der Waals surface area contributed by atoms with Gasteiger partial charge in [0.2, 0.25) is 11.7 Å². The molecule has 0 atom stereocenters. The van der Waals surface area contributed by atoms with Crippen LogP contribution in [0.15, 0.2) is 53.7 Å². The fraction of sp³-hybridized carbons (Fsp3) is 0.118. The second-order valence-electron chi connectivity index (χ2n) is 5.54. The zero-order chi connectivity index (χ0) is 17.4.